The van der Waals surface area contributed by atoms with Crippen LogP contribution in [0.15, 0.2) is 48.5 Å². The van der Waals surface area contributed by atoms with Gasteiger partial charge in [0.15, 0.2) is 0 Å². The molecule has 102 valence electrons. The summed E-state index contributed by atoms with van der Waals surface area (Å²) in [6, 6.07) is 18.0. The SMILES string of the molecule is C[C@@H]1CN2CCCc3cccc(c32)[C@H]1c1ccccc1. The van der Waals surface area contributed by atoms with E-state index in [2.05, 4.69) is 60.4 Å². The number of rotatable bonds is 1. The van der Waals surface area contributed by atoms with Crippen LogP contribution in [0.1, 0.15) is 36.0 Å². The molecular weight excluding hydrogens is 242 g/mol. The normalized spacial score (nSPS) is 24.4. The van der Waals surface area contributed by atoms with Gasteiger partial charge >= 0.3 is 0 Å². The number of anilines is 1. The lowest BCUT2D eigenvalue weighted by molar-refractivity contribution is 0.465. The third kappa shape index (κ3) is 1.76. The van der Waals surface area contributed by atoms with Gasteiger partial charge in [-0.05, 0) is 35.4 Å². The van der Waals surface area contributed by atoms with E-state index in [9.17, 15) is 0 Å². The zero-order valence-corrected chi connectivity index (χ0v) is 12.0. The van der Waals surface area contributed by atoms with Gasteiger partial charge in [0.2, 0.25) is 0 Å². The molecule has 0 fully saturated rings. The molecule has 20 heavy (non-hydrogen) atoms. The van der Waals surface area contributed by atoms with Crippen LogP contribution in [0.2, 0.25) is 0 Å². The quantitative estimate of drug-likeness (QED) is 0.744. The maximum atomic E-state index is 2.62. The van der Waals surface area contributed by atoms with Gasteiger partial charge < -0.3 is 4.90 Å². The van der Waals surface area contributed by atoms with Crippen LogP contribution in [0, 0.1) is 5.92 Å². The second-order valence-electron chi connectivity index (χ2n) is 6.27. The summed E-state index contributed by atoms with van der Waals surface area (Å²) in [5, 5.41) is 0. The largest absolute Gasteiger partial charge is 0.371 e. The second kappa shape index (κ2) is 4.66. The first kappa shape index (κ1) is 12.0. The molecule has 0 aliphatic carbocycles. The third-order valence-electron chi connectivity index (χ3n) is 4.91. The molecule has 0 N–H and O–H groups in total. The molecule has 2 aliphatic rings. The average molecular weight is 263 g/mol. The van der Waals surface area contributed by atoms with Crippen molar-refractivity contribution in [1.29, 1.82) is 0 Å². The molecule has 0 aromatic heterocycles. The molecule has 0 saturated carbocycles. The molecule has 2 heterocycles. The molecule has 2 aliphatic heterocycles. The Balaban J connectivity index is 1.89. The van der Waals surface area contributed by atoms with E-state index >= 15 is 0 Å². The topological polar surface area (TPSA) is 3.24 Å². The predicted octanol–water partition coefficient (Wildman–Crippen LogP) is 4.22. The van der Waals surface area contributed by atoms with E-state index in [-0.39, 0.29) is 0 Å². The highest BCUT2D eigenvalue weighted by Crippen LogP contribution is 2.45. The molecule has 0 saturated heterocycles. The van der Waals surface area contributed by atoms with Crippen LogP contribution >= 0.6 is 0 Å². The van der Waals surface area contributed by atoms with Crippen LogP contribution in [0.4, 0.5) is 5.69 Å². The minimum Gasteiger partial charge on any atom is -0.371 e. The summed E-state index contributed by atoms with van der Waals surface area (Å²) >= 11 is 0. The second-order valence-corrected chi connectivity index (χ2v) is 6.27. The Morgan fingerprint density at radius 1 is 1.00 bits per heavy atom. The van der Waals surface area contributed by atoms with E-state index in [1.54, 1.807) is 16.8 Å². The molecule has 2 aromatic carbocycles. The molecule has 1 nitrogen and oxygen atoms in total. The van der Waals surface area contributed by atoms with Crippen molar-refractivity contribution in [2.24, 2.45) is 5.92 Å². The monoisotopic (exact) mass is 263 g/mol. The smallest absolute Gasteiger partial charge is 0.0437 e. The third-order valence-corrected chi connectivity index (χ3v) is 4.91. The Morgan fingerprint density at radius 2 is 1.85 bits per heavy atom. The first-order valence-electron chi connectivity index (χ1n) is 7.76. The summed E-state index contributed by atoms with van der Waals surface area (Å²) in [6.45, 7) is 4.83. The van der Waals surface area contributed by atoms with E-state index in [1.807, 2.05) is 0 Å². The van der Waals surface area contributed by atoms with Gasteiger partial charge in [0, 0.05) is 24.7 Å². The van der Waals surface area contributed by atoms with E-state index < -0.39 is 0 Å². The fraction of sp³-hybridized carbons (Fsp3) is 0.368. The van der Waals surface area contributed by atoms with Crippen molar-refractivity contribution in [2.75, 3.05) is 18.0 Å². The van der Waals surface area contributed by atoms with Crippen molar-refractivity contribution >= 4 is 5.69 Å². The van der Waals surface area contributed by atoms with Gasteiger partial charge in [0.05, 0.1) is 0 Å². The highest BCUT2D eigenvalue weighted by atomic mass is 15.1. The molecule has 2 atom stereocenters. The highest BCUT2D eigenvalue weighted by Gasteiger charge is 2.34. The van der Waals surface area contributed by atoms with Crippen LogP contribution in [0.5, 0.6) is 0 Å². The minimum absolute atomic E-state index is 0.556. The summed E-state index contributed by atoms with van der Waals surface area (Å²) in [4.78, 5) is 2.62. The van der Waals surface area contributed by atoms with Gasteiger partial charge in [-0.3, -0.25) is 0 Å². The van der Waals surface area contributed by atoms with Gasteiger partial charge in [-0.1, -0.05) is 55.5 Å². The lowest BCUT2D eigenvalue weighted by Gasteiger charge is -2.43. The number of aryl methyl sites for hydroxylation is 1. The summed E-state index contributed by atoms with van der Waals surface area (Å²) in [7, 11) is 0. The Labute approximate surface area is 121 Å². The molecule has 0 spiro atoms. The van der Waals surface area contributed by atoms with Crippen LogP contribution in [0.3, 0.4) is 0 Å². The number of hydrogen-bond donors (Lipinski definition) is 0. The Bertz CT molecular complexity index is 617. The first-order chi connectivity index (χ1) is 9.84. The molecule has 0 amide bonds. The van der Waals surface area contributed by atoms with Crippen molar-refractivity contribution in [3.8, 4) is 0 Å². The minimum atomic E-state index is 0.556. The maximum Gasteiger partial charge on any atom is 0.0437 e. The fourth-order valence-corrected chi connectivity index (χ4v) is 4.13. The number of hydrogen-bond acceptors (Lipinski definition) is 1. The molecule has 0 unspecified atom stereocenters. The van der Waals surface area contributed by atoms with Crippen LogP contribution in [-0.2, 0) is 6.42 Å². The molecule has 2 aromatic rings. The van der Waals surface area contributed by atoms with Gasteiger partial charge in [-0.2, -0.15) is 0 Å². The highest BCUT2D eigenvalue weighted by molar-refractivity contribution is 5.66. The van der Waals surface area contributed by atoms with Crippen molar-refractivity contribution in [3.63, 3.8) is 0 Å². The molecule has 4 rings (SSSR count). The summed E-state index contributed by atoms with van der Waals surface area (Å²) in [5.74, 6) is 1.23. The molecule has 0 radical (unpaired) electrons. The Kier molecular flexibility index (Phi) is 2.80. The Hall–Kier alpha value is -1.76. The average Bonchev–Trinajstić information content (AvgIpc) is 2.49. The van der Waals surface area contributed by atoms with Crippen molar-refractivity contribution in [3.05, 3.63) is 65.2 Å². The maximum absolute atomic E-state index is 2.62. The standard InChI is InChI=1S/C19H21N/c1-14-13-20-12-6-10-16-9-5-11-17(19(16)20)18(14)15-7-3-2-4-8-15/h2-5,7-9,11,14,18H,6,10,12-13H2,1H3/t14-,18-/m1/s1. The van der Waals surface area contributed by atoms with Crippen LogP contribution in [0.25, 0.3) is 0 Å². The number of benzene rings is 2. The summed E-state index contributed by atoms with van der Waals surface area (Å²) in [6.07, 6.45) is 2.55. The van der Waals surface area contributed by atoms with Crippen molar-refractivity contribution in [2.45, 2.75) is 25.7 Å². The fourth-order valence-electron chi connectivity index (χ4n) is 4.13. The van der Waals surface area contributed by atoms with E-state index in [0.29, 0.717) is 11.8 Å². The zero-order chi connectivity index (χ0) is 13.5. The van der Waals surface area contributed by atoms with E-state index in [4.69, 9.17) is 0 Å². The van der Waals surface area contributed by atoms with Crippen molar-refractivity contribution < 1.29 is 0 Å². The van der Waals surface area contributed by atoms with Gasteiger partial charge in [-0.25, -0.2) is 0 Å². The lowest BCUT2D eigenvalue weighted by atomic mass is 9.76. The summed E-state index contributed by atoms with van der Waals surface area (Å²) in [5.41, 5.74) is 6.12. The van der Waals surface area contributed by atoms with Crippen LogP contribution in [-0.4, -0.2) is 13.1 Å². The van der Waals surface area contributed by atoms with Crippen molar-refractivity contribution in [1.82, 2.24) is 0 Å². The predicted molar refractivity (Wildman–Crippen MR) is 84.4 cm³/mol. The zero-order valence-electron chi connectivity index (χ0n) is 12.0. The first-order valence-corrected chi connectivity index (χ1v) is 7.76. The number of nitrogens with zero attached hydrogens (tertiary/aromatic N) is 1. The van der Waals surface area contributed by atoms with E-state index in [0.717, 1.165) is 0 Å². The molecule has 0 bridgehead atoms. The summed E-state index contributed by atoms with van der Waals surface area (Å²) < 4.78 is 0. The molecular formula is C19H21N. The van der Waals surface area contributed by atoms with Gasteiger partial charge in [-0.15, -0.1) is 0 Å². The van der Waals surface area contributed by atoms with Crippen LogP contribution < -0.4 is 4.90 Å². The molecule has 1 heteroatoms. The van der Waals surface area contributed by atoms with Gasteiger partial charge in [0.25, 0.3) is 0 Å². The Morgan fingerprint density at radius 3 is 2.70 bits per heavy atom. The van der Waals surface area contributed by atoms with E-state index in [1.165, 1.54) is 31.5 Å². The lowest BCUT2D eigenvalue weighted by Crippen LogP contribution is -2.40. The van der Waals surface area contributed by atoms with Gasteiger partial charge in [0.1, 0.15) is 0 Å². The number of para-hydroxylation sites is 1.